The van der Waals surface area contributed by atoms with Gasteiger partial charge in [0.05, 0.1) is 17.8 Å². The van der Waals surface area contributed by atoms with Crippen LogP contribution in [0, 0.1) is 0 Å². The van der Waals surface area contributed by atoms with Crippen LogP contribution in [0.2, 0.25) is 0 Å². The Morgan fingerprint density at radius 2 is 2.07 bits per heavy atom. The van der Waals surface area contributed by atoms with E-state index in [4.69, 9.17) is 9.73 Å². The SMILES string of the molecule is CCN(CC)CC1=NC(/C=C2/C(=O)Nc3ccc(CN4CCOC4=O)cc32)=CC1.Cl. The van der Waals surface area contributed by atoms with Crippen LogP contribution in [0.5, 0.6) is 0 Å². The second-order valence-electron chi connectivity index (χ2n) is 7.40. The summed E-state index contributed by atoms with van der Waals surface area (Å²) in [5.41, 5.74) is 5.19. The molecule has 2 amide bonds. The summed E-state index contributed by atoms with van der Waals surface area (Å²) in [6, 6.07) is 5.80. The number of hydrogen-bond donors (Lipinski definition) is 1. The number of nitrogens with zero attached hydrogens (tertiary/aromatic N) is 3. The number of allylic oxidation sites excluding steroid dienone is 2. The Labute approximate surface area is 182 Å². The van der Waals surface area contributed by atoms with Gasteiger partial charge in [-0.3, -0.25) is 14.7 Å². The van der Waals surface area contributed by atoms with E-state index < -0.39 is 0 Å². The molecule has 0 bridgehead atoms. The van der Waals surface area contributed by atoms with Crippen molar-refractivity contribution in [2.45, 2.75) is 26.8 Å². The third kappa shape index (κ3) is 4.57. The fourth-order valence-corrected chi connectivity index (χ4v) is 3.81. The van der Waals surface area contributed by atoms with Gasteiger partial charge in [-0.1, -0.05) is 26.0 Å². The zero-order valence-electron chi connectivity index (χ0n) is 17.3. The number of carbonyl (C=O) groups is 2. The maximum absolute atomic E-state index is 12.5. The van der Waals surface area contributed by atoms with Crippen molar-refractivity contribution in [3.05, 3.63) is 47.2 Å². The van der Waals surface area contributed by atoms with Gasteiger partial charge in [0.25, 0.3) is 5.91 Å². The predicted octanol–water partition coefficient (Wildman–Crippen LogP) is 3.47. The topological polar surface area (TPSA) is 74.2 Å². The first-order valence-corrected chi connectivity index (χ1v) is 10.1. The number of halogens is 1. The number of anilines is 1. The third-order valence-electron chi connectivity index (χ3n) is 5.51. The minimum Gasteiger partial charge on any atom is -0.448 e. The lowest BCUT2D eigenvalue weighted by molar-refractivity contribution is -0.110. The Bertz CT molecular complexity index is 934. The van der Waals surface area contributed by atoms with Crippen LogP contribution >= 0.6 is 12.4 Å². The number of nitrogens with one attached hydrogen (secondary N) is 1. The number of hydrogen-bond acceptors (Lipinski definition) is 5. The zero-order chi connectivity index (χ0) is 20.4. The highest BCUT2D eigenvalue weighted by molar-refractivity contribution is 6.32. The molecule has 0 aliphatic carbocycles. The van der Waals surface area contributed by atoms with Gasteiger partial charge < -0.3 is 15.0 Å². The molecule has 0 spiro atoms. The number of cyclic esters (lactones) is 1. The molecule has 0 atom stereocenters. The number of benzene rings is 1. The summed E-state index contributed by atoms with van der Waals surface area (Å²) in [7, 11) is 0. The number of aliphatic imine (C=N–C) groups is 1. The monoisotopic (exact) mass is 430 g/mol. The van der Waals surface area contributed by atoms with Gasteiger partial charge in [-0.25, -0.2) is 4.79 Å². The lowest BCUT2D eigenvalue weighted by atomic mass is 10.0. The van der Waals surface area contributed by atoms with E-state index in [-0.39, 0.29) is 24.4 Å². The van der Waals surface area contributed by atoms with E-state index in [2.05, 4.69) is 30.1 Å². The average Bonchev–Trinajstić information content (AvgIpc) is 3.41. The van der Waals surface area contributed by atoms with Gasteiger partial charge in [0, 0.05) is 36.5 Å². The van der Waals surface area contributed by atoms with E-state index in [9.17, 15) is 9.59 Å². The minimum atomic E-state index is -0.290. The molecule has 1 N–H and O–H groups in total. The van der Waals surface area contributed by atoms with Gasteiger partial charge in [0.15, 0.2) is 0 Å². The number of ether oxygens (including phenoxy) is 1. The molecule has 1 saturated heterocycles. The van der Waals surface area contributed by atoms with E-state index in [1.54, 1.807) is 4.90 Å². The molecule has 8 heteroatoms. The van der Waals surface area contributed by atoms with Gasteiger partial charge in [-0.2, -0.15) is 0 Å². The van der Waals surface area contributed by atoms with E-state index >= 15 is 0 Å². The second kappa shape index (κ2) is 9.45. The van der Waals surface area contributed by atoms with Crippen molar-refractivity contribution in [1.82, 2.24) is 9.80 Å². The van der Waals surface area contributed by atoms with Crippen LogP contribution in [-0.4, -0.2) is 60.3 Å². The molecule has 0 aromatic heterocycles. The van der Waals surface area contributed by atoms with Crippen molar-refractivity contribution in [3.63, 3.8) is 0 Å². The maximum atomic E-state index is 12.5. The minimum absolute atomic E-state index is 0. The molecule has 7 nitrogen and oxygen atoms in total. The highest BCUT2D eigenvalue weighted by Gasteiger charge is 2.27. The first-order valence-electron chi connectivity index (χ1n) is 10.1. The summed E-state index contributed by atoms with van der Waals surface area (Å²) >= 11 is 0. The van der Waals surface area contributed by atoms with Gasteiger partial charge in [0.1, 0.15) is 6.61 Å². The van der Waals surface area contributed by atoms with Crippen LogP contribution < -0.4 is 5.32 Å². The molecule has 1 fully saturated rings. The van der Waals surface area contributed by atoms with Gasteiger partial charge in [0.2, 0.25) is 0 Å². The summed E-state index contributed by atoms with van der Waals surface area (Å²) in [5.74, 6) is -0.119. The van der Waals surface area contributed by atoms with Crippen molar-refractivity contribution in [2.24, 2.45) is 4.99 Å². The number of rotatable bonds is 7. The molecule has 30 heavy (non-hydrogen) atoms. The van der Waals surface area contributed by atoms with Crippen LogP contribution in [0.4, 0.5) is 10.5 Å². The molecular weight excluding hydrogens is 404 g/mol. The van der Waals surface area contributed by atoms with E-state index in [1.807, 2.05) is 24.3 Å². The van der Waals surface area contributed by atoms with Gasteiger partial charge in [-0.15, -0.1) is 12.4 Å². The van der Waals surface area contributed by atoms with E-state index in [0.717, 1.165) is 54.3 Å². The van der Waals surface area contributed by atoms with Gasteiger partial charge >= 0.3 is 6.09 Å². The van der Waals surface area contributed by atoms with Crippen molar-refractivity contribution in [2.75, 3.05) is 38.1 Å². The summed E-state index contributed by atoms with van der Waals surface area (Å²) in [5, 5.41) is 2.92. The normalized spacial score (nSPS) is 18.9. The van der Waals surface area contributed by atoms with Crippen LogP contribution in [-0.2, 0) is 16.1 Å². The molecule has 0 saturated carbocycles. The molecule has 3 aliphatic rings. The van der Waals surface area contributed by atoms with Crippen LogP contribution in [0.3, 0.4) is 0 Å². The fourth-order valence-electron chi connectivity index (χ4n) is 3.81. The molecule has 0 unspecified atom stereocenters. The number of carbonyl (C=O) groups excluding carboxylic acids is 2. The summed E-state index contributed by atoms with van der Waals surface area (Å²) in [4.78, 5) is 33.0. The quantitative estimate of drug-likeness (QED) is 0.672. The molecule has 160 valence electrons. The Hall–Kier alpha value is -2.64. The lowest BCUT2D eigenvalue weighted by Crippen LogP contribution is -2.28. The van der Waals surface area contributed by atoms with Crippen molar-refractivity contribution in [3.8, 4) is 0 Å². The summed E-state index contributed by atoms with van der Waals surface area (Å²) < 4.78 is 4.99. The Balaban J connectivity index is 0.00000256. The highest BCUT2D eigenvalue weighted by atomic mass is 35.5. The largest absolute Gasteiger partial charge is 0.448 e. The molecule has 3 aliphatic heterocycles. The molecule has 4 rings (SSSR count). The van der Waals surface area contributed by atoms with Gasteiger partial charge in [-0.05, 0) is 36.9 Å². The van der Waals surface area contributed by atoms with Crippen molar-refractivity contribution < 1.29 is 14.3 Å². The van der Waals surface area contributed by atoms with E-state index in [0.29, 0.717) is 25.3 Å². The Morgan fingerprint density at radius 1 is 1.27 bits per heavy atom. The van der Waals surface area contributed by atoms with Crippen LogP contribution in [0.15, 0.2) is 41.0 Å². The zero-order valence-corrected chi connectivity index (χ0v) is 18.1. The third-order valence-corrected chi connectivity index (χ3v) is 5.51. The summed E-state index contributed by atoms with van der Waals surface area (Å²) in [6.07, 6.45) is 4.47. The van der Waals surface area contributed by atoms with Crippen LogP contribution in [0.1, 0.15) is 31.4 Å². The molecular formula is C22H27ClN4O3. The standard InChI is InChI=1S/C22H26N4O3.ClH/c1-3-25(4-2)14-17-7-6-16(23-17)12-19-18-11-15(5-8-20(18)24-21(19)27)13-26-9-10-29-22(26)28;/h5-6,8,11-12H,3-4,7,9-10,13-14H2,1-2H3,(H,24,27);1H/b19-12+;. The smallest absolute Gasteiger partial charge is 0.410 e. The fraction of sp³-hybridized carbons (Fsp3) is 0.409. The van der Waals surface area contributed by atoms with Crippen molar-refractivity contribution >= 4 is 41.4 Å². The Kier molecular flexibility index (Phi) is 6.95. The lowest BCUT2D eigenvalue weighted by Gasteiger charge is -2.17. The number of amides is 2. The Morgan fingerprint density at radius 3 is 2.77 bits per heavy atom. The molecule has 1 aromatic carbocycles. The highest BCUT2D eigenvalue weighted by Crippen LogP contribution is 2.34. The average molecular weight is 431 g/mol. The predicted molar refractivity (Wildman–Crippen MR) is 120 cm³/mol. The van der Waals surface area contributed by atoms with E-state index in [1.165, 1.54) is 0 Å². The molecule has 3 heterocycles. The summed E-state index contributed by atoms with van der Waals surface area (Å²) in [6.45, 7) is 8.63. The molecule has 0 radical (unpaired) electrons. The number of fused-ring (bicyclic) bond motifs is 1. The maximum Gasteiger partial charge on any atom is 0.410 e. The second-order valence-corrected chi connectivity index (χ2v) is 7.40. The van der Waals surface area contributed by atoms with Crippen LogP contribution in [0.25, 0.3) is 5.57 Å². The first kappa shape index (κ1) is 22.1. The molecule has 1 aromatic rings. The van der Waals surface area contributed by atoms with Crippen molar-refractivity contribution in [1.29, 1.82) is 0 Å². The first-order chi connectivity index (χ1) is 14.1.